The lowest BCUT2D eigenvalue weighted by Gasteiger charge is -2.14. The van der Waals surface area contributed by atoms with Crippen molar-refractivity contribution in [3.63, 3.8) is 0 Å². The summed E-state index contributed by atoms with van der Waals surface area (Å²) >= 11 is 0. The van der Waals surface area contributed by atoms with E-state index in [0.717, 1.165) is 18.8 Å². The number of quaternary nitrogens is 1. The van der Waals surface area contributed by atoms with Gasteiger partial charge in [-0.1, -0.05) is 13.3 Å². The van der Waals surface area contributed by atoms with Gasteiger partial charge in [-0.3, -0.25) is 0 Å². The number of pyridine rings is 1. The van der Waals surface area contributed by atoms with E-state index in [4.69, 9.17) is 11.5 Å². The Bertz CT molecular complexity index is 367. The SMILES string of the molecule is CCCCC[NH+](C)CCCNc1ncc(N)cc1N. The molecule has 0 amide bonds. The standard InChI is InChI=1S/C14H27N5/c1-3-4-5-8-19(2)9-6-7-17-14-13(16)10-12(15)11-18-14/h10-11H,3-9,15-16H2,1-2H3,(H,17,18)/p+1. The number of hydrogen-bond acceptors (Lipinski definition) is 4. The summed E-state index contributed by atoms with van der Waals surface area (Å²) < 4.78 is 0. The summed E-state index contributed by atoms with van der Waals surface area (Å²) in [7, 11) is 2.26. The molecule has 0 saturated heterocycles. The van der Waals surface area contributed by atoms with Gasteiger partial charge in [0.25, 0.3) is 0 Å². The first-order valence-electron chi connectivity index (χ1n) is 7.19. The molecule has 5 nitrogen and oxygen atoms in total. The van der Waals surface area contributed by atoms with E-state index in [9.17, 15) is 0 Å². The molecule has 0 fully saturated rings. The molecule has 19 heavy (non-hydrogen) atoms. The maximum absolute atomic E-state index is 5.83. The van der Waals surface area contributed by atoms with E-state index in [0.29, 0.717) is 11.4 Å². The number of nitrogens with two attached hydrogens (primary N) is 2. The molecule has 0 saturated carbocycles. The molecule has 6 N–H and O–H groups in total. The topological polar surface area (TPSA) is 81.4 Å². The molecule has 0 spiro atoms. The summed E-state index contributed by atoms with van der Waals surface area (Å²) in [6, 6.07) is 1.73. The average Bonchev–Trinajstić information content (AvgIpc) is 2.37. The molecular weight excluding hydrogens is 238 g/mol. The van der Waals surface area contributed by atoms with Crippen molar-refractivity contribution in [2.75, 3.05) is 43.5 Å². The van der Waals surface area contributed by atoms with Crippen LogP contribution in [0.3, 0.4) is 0 Å². The fourth-order valence-corrected chi connectivity index (χ4v) is 2.05. The van der Waals surface area contributed by atoms with Gasteiger partial charge in [0.15, 0.2) is 0 Å². The van der Waals surface area contributed by atoms with Crippen LogP contribution >= 0.6 is 0 Å². The highest BCUT2D eigenvalue weighted by atomic mass is 15.1. The molecule has 1 heterocycles. The fraction of sp³-hybridized carbons (Fsp3) is 0.643. The Labute approximate surface area is 116 Å². The molecule has 0 radical (unpaired) electrons. The fourth-order valence-electron chi connectivity index (χ4n) is 2.05. The first-order chi connectivity index (χ1) is 9.13. The Balaban J connectivity index is 2.16. The Morgan fingerprint density at radius 1 is 1.21 bits per heavy atom. The van der Waals surface area contributed by atoms with Gasteiger partial charge >= 0.3 is 0 Å². The van der Waals surface area contributed by atoms with Gasteiger partial charge in [0.2, 0.25) is 0 Å². The molecule has 1 unspecified atom stereocenters. The van der Waals surface area contributed by atoms with Gasteiger partial charge in [0.1, 0.15) is 5.82 Å². The lowest BCUT2D eigenvalue weighted by Crippen LogP contribution is -3.09. The van der Waals surface area contributed by atoms with Gasteiger partial charge in [-0.15, -0.1) is 0 Å². The van der Waals surface area contributed by atoms with Crippen molar-refractivity contribution < 1.29 is 4.90 Å². The maximum Gasteiger partial charge on any atom is 0.149 e. The minimum absolute atomic E-state index is 0.600. The first-order valence-corrected chi connectivity index (χ1v) is 7.19. The second kappa shape index (κ2) is 8.58. The van der Waals surface area contributed by atoms with Crippen molar-refractivity contribution in [1.82, 2.24) is 4.98 Å². The van der Waals surface area contributed by atoms with E-state index in [1.807, 2.05) is 0 Å². The zero-order valence-corrected chi connectivity index (χ0v) is 12.2. The summed E-state index contributed by atoms with van der Waals surface area (Å²) in [5, 5.41) is 3.26. The number of rotatable bonds is 9. The Morgan fingerprint density at radius 2 is 1.95 bits per heavy atom. The third kappa shape index (κ3) is 6.29. The second-order valence-corrected chi connectivity index (χ2v) is 5.15. The molecule has 0 aliphatic heterocycles. The van der Waals surface area contributed by atoms with Crippen LogP contribution in [0.25, 0.3) is 0 Å². The van der Waals surface area contributed by atoms with Gasteiger partial charge in [-0.05, 0) is 18.9 Å². The van der Waals surface area contributed by atoms with Crippen molar-refractivity contribution in [3.05, 3.63) is 12.3 Å². The predicted molar refractivity (Wildman–Crippen MR) is 82.3 cm³/mol. The van der Waals surface area contributed by atoms with Crippen LogP contribution in [0.5, 0.6) is 0 Å². The van der Waals surface area contributed by atoms with Crippen molar-refractivity contribution in [1.29, 1.82) is 0 Å². The van der Waals surface area contributed by atoms with Crippen molar-refractivity contribution in [2.45, 2.75) is 32.6 Å². The highest BCUT2D eigenvalue weighted by Crippen LogP contribution is 2.16. The maximum atomic E-state index is 5.83. The minimum Gasteiger partial charge on any atom is -0.397 e. The number of nitrogen functional groups attached to an aromatic ring is 2. The van der Waals surface area contributed by atoms with Gasteiger partial charge in [0, 0.05) is 13.0 Å². The van der Waals surface area contributed by atoms with Crippen LogP contribution in [0.15, 0.2) is 12.3 Å². The lowest BCUT2D eigenvalue weighted by atomic mass is 10.2. The monoisotopic (exact) mass is 266 g/mol. The van der Waals surface area contributed by atoms with Crippen molar-refractivity contribution >= 4 is 17.2 Å². The smallest absolute Gasteiger partial charge is 0.149 e. The van der Waals surface area contributed by atoms with Crippen molar-refractivity contribution in [3.8, 4) is 0 Å². The number of unbranched alkanes of at least 4 members (excludes halogenated alkanes) is 2. The normalized spacial score (nSPS) is 12.3. The molecule has 0 aliphatic carbocycles. The van der Waals surface area contributed by atoms with Crippen LogP contribution in [0.4, 0.5) is 17.2 Å². The average molecular weight is 266 g/mol. The third-order valence-corrected chi connectivity index (χ3v) is 3.22. The van der Waals surface area contributed by atoms with E-state index in [2.05, 4.69) is 24.3 Å². The Morgan fingerprint density at radius 3 is 2.63 bits per heavy atom. The van der Waals surface area contributed by atoms with Crippen LogP contribution < -0.4 is 21.7 Å². The minimum atomic E-state index is 0.600. The largest absolute Gasteiger partial charge is 0.397 e. The Kier molecular flexibility index (Phi) is 7.03. The van der Waals surface area contributed by atoms with Crippen LogP contribution in [-0.2, 0) is 0 Å². The quantitative estimate of drug-likeness (QED) is 0.497. The molecular formula is C14H28N5+. The highest BCUT2D eigenvalue weighted by Gasteiger charge is 2.03. The highest BCUT2D eigenvalue weighted by molar-refractivity contribution is 5.65. The second-order valence-electron chi connectivity index (χ2n) is 5.15. The third-order valence-electron chi connectivity index (χ3n) is 3.22. The van der Waals surface area contributed by atoms with Crippen LogP contribution in [-0.4, -0.2) is 31.7 Å². The van der Waals surface area contributed by atoms with Crippen molar-refractivity contribution in [2.24, 2.45) is 0 Å². The molecule has 1 rings (SSSR count). The van der Waals surface area contributed by atoms with Crippen LogP contribution in [0, 0.1) is 0 Å². The molecule has 0 aliphatic rings. The lowest BCUT2D eigenvalue weighted by molar-refractivity contribution is -0.879. The van der Waals surface area contributed by atoms with E-state index < -0.39 is 0 Å². The number of aromatic nitrogens is 1. The van der Waals surface area contributed by atoms with Crippen LogP contribution in [0.1, 0.15) is 32.6 Å². The van der Waals surface area contributed by atoms with Gasteiger partial charge in [0.05, 0.1) is 37.7 Å². The van der Waals surface area contributed by atoms with E-state index >= 15 is 0 Å². The zero-order valence-electron chi connectivity index (χ0n) is 12.2. The molecule has 5 heteroatoms. The molecule has 1 atom stereocenters. The van der Waals surface area contributed by atoms with E-state index in [1.165, 1.54) is 32.4 Å². The first kappa shape index (κ1) is 15.6. The van der Waals surface area contributed by atoms with Gasteiger partial charge in [-0.2, -0.15) is 0 Å². The molecule has 1 aromatic heterocycles. The Hall–Kier alpha value is -1.49. The van der Waals surface area contributed by atoms with Crippen LogP contribution in [0.2, 0.25) is 0 Å². The number of nitrogens with one attached hydrogen (secondary N) is 2. The molecule has 0 aromatic carbocycles. The summed E-state index contributed by atoms with van der Waals surface area (Å²) in [6.07, 6.45) is 6.69. The summed E-state index contributed by atoms with van der Waals surface area (Å²) in [6.45, 7) is 5.57. The summed E-state index contributed by atoms with van der Waals surface area (Å²) in [5.74, 6) is 0.734. The number of hydrogen-bond donors (Lipinski definition) is 4. The predicted octanol–water partition coefficient (Wildman–Crippen LogP) is 0.753. The summed E-state index contributed by atoms with van der Waals surface area (Å²) in [4.78, 5) is 5.78. The zero-order chi connectivity index (χ0) is 14.1. The number of nitrogens with zero attached hydrogens (tertiary/aromatic N) is 1. The molecule has 108 valence electrons. The van der Waals surface area contributed by atoms with Gasteiger partial charge < -0.3 is 21.7 Å². The van der Waals surface area contributed by atoms with E-state index in [1.54, 1.807) is 17.2 Å². The summed E-state index contributed by atoms with van der Waals surface area (Å²) in [5.41, 5.74) is 12.7. The molecule has 1 aromatic rings. The van der Waals surface area contributed by atoms with E-state index in [-0.39, 0.29) is 0 Å². The number of anilines is 3. The van der Waals surface area contributed by atoms with Gasteiger partial charge in [-0.25, -0.2) is 4.98 Å². The molecule has 0 bridgehead atoms.